The summed E-state index contributed by atoms with van der Waals surface area (Å²) in [4.78, 5) is 37.3. The molecule has 0 bridgehead atoms. The van der Waals surface area contributed by atoms with E-state index in [1.165, 1.54) is 18.2 Å². The maximum atomic E-state index is 12.6. The molecular formula is C21H23BrN4O5. The number of nitro benzene ring substituents is 1. The number of carbonyl (C=O) groups is 2. The largest absolute Gasteiger partial charge is 0.495 e. The van der Waals surface area contributed by atoms with Gasteiger partial charge in [0, 0.05) is 22.5 Å². The first-order valence-corrected chi connectivity index (χ1v) is 10.6. The molecule has 0 atom stereocenters. The van der Waals surface area contributed by atoms with Crippen LogP contribution in [-0.2, 0) is 9.59 Å². The third-order valence-electron chi connectivity index (χ3n) is 5.13. The molecule has 0 saturated carbocycles. The highest BCUT2D eigenvalue weighted by Gasteiger charge is 2.26. The molecule has 2 N–H and O–H groups in total. The molecule has 9 nitrogen and oxygen atoms in total. The van der Waals surface area contributed by atoms with Gasteiger partial charge in [-0.1, -0.05) is 12.1 Å². The van der Waals surface area contributed by atoms with Crippen molar-refractivity contribution in [3.63, 3.8) is 0 Å². The summed E-state index contributed by atoms with van der Waals surface area (Å²) in [5.41, 5.74) is 1.06. The topological polar surface area (TPSA) is 114 Å². The Bertz CT molecular complexity index is 976. The SMILES string of the molecule is COc1ccccc1NC(=O)C1CCN(CC(=O)Nc2ccc([N+](=O)[O-])cc2Br)CC1. The maximum absolute atomic E-state index is 12.6. The summed E-state index contributed by atoms with van der Waals surface area (Å²) in [6, 6.07) is 11.4. The number of nitro groups is 1. The second-order valence-electron chi connectivity index (χ2n) is 7.21. The number of nitrogens with one attached hydrogen (secondary N) is 2. The average Bonchev–Trinajstić information content (AvgIpc) is 2.75. The first-order valence-electron chi connectivity index (χ1n) is 9.77. The number of hydrogen-bond donors (Lipinski definition) is 2. The lowest BCUT2D eigenvalue weighted by atomic mass is 9.95. The van der Waals surface area contributed by atoms with Crippen LogP contribution in [0.3, 0.4) is 0 Å². The lowest BCUT2D eigenvalue weighted by Gasteiger charge is -2.30. The molecule has 3 rings (SSSR count). The molecule has 0 spiro atoms. The molecule has 0 aromatic heterocycles. The van der Waals surface area contributed by atoms with Gasteiger partial charge in [0.15, 0.2) is 0 Å². The number of benzene rings is 2. The van der Waals surface area contributed by atoms with Crippen LogP contribution in [-0.4, -0.2) is 48.4 Å². The average molecular weight is 491 g/mol. The Morgan fingerprint density at radius 2 is 1.87 bits per heavy atom. The highest BCUT2D eigenvalue weighted by Crippen LogP contribution is 2.28. The highest BCUT2D eigenvalue weighted by atomic mass is 79.9. The van der Waals surface area contributed by atoms with Gasteiger partial charge in [-0.3, -0.25) is 24.6 Å². The summed E-state index contributed by atoms with van der Waals surface area (Å²) in [5.74, 6) is 0.213. The molecule has 1 heterocycles. The van der Waals surface area contributed by atoms with Crippen molar-refractivity contribution >= 4 is 44.8 Å². The summed E-state index contributed by atoms with van der Waals surface area (Å²) in [5, 5.41) is 16.5. The van der Waals surface area contributed by atoms with Crippen LogP contribution in [0.2, 0.25) is 0 Å². The van der Waals surface area contributed by atoms with Gasteiger partial charge in [0.25, 0.3) is 5.69 Å². The summed E-state index contributed by atoms with van der Waals surface area (Å²) in [6.45, 7) is 1.43. The molecular weight excluding hydrogens is 468 g/mol. The number of ether oxygens (including phenoxy) is 1. The summed E-state index contributed by atoms with van der Waals surface area (Å²) >= 11 is 3.24. The molecule has 2 aromatic rings. The van der Waals surface area contributed by atoms with E-state index in [1.807, 2.05) is 17.0 Å². The quantitative estimate of drug-likeness (QED) is 0.452. The first-order chi connectivity index (χ1) is 14.9. The minimum Gasteiger partial charge on any atom is -0.495 e. The van der Waals surface area contributed by atoms with Crippen molar-refractivity contribution in [3.8, 4) is 5.75 Å². The van der Waals surface area contributed by atoms with E-state index < -0.39 is 4.92 Å². The van der Waals surface area contributed by atoms with Gasteiger partial charge in [0.2, 0.25) is 11.8 Å². The Balaban J connectivity index is 1.48. The van der Waals surface area contributed by atoms with Crippen molar-refractivity contribution in [1.29, 1.82) is 0 Å². The van der Waals surface area contributed by atoms with E-state index in [9.17, 15) is 19.7 Å². The molecule has 31 heavy (non-hydrogen) atoms. The fourth-order valence-corrected chi connectivity index (χ4v) is 3.91. The van der Waals surface area contributed by atoms with E-state index in [-0.39, 0.29) is 30.0 Å². The Kier molecular flexibility index (Phi) is 7.59. The van der Waals surface area contributed by atoms with Crippen molar-refractivity contribution < 1.29 is 19.2 Å². The molecule has 1 aliphatic rings. The molecule has 10 heteroatoms. The van der Waals surface area contributed by atoms with Crippen molar-refractivity contribution in [1.82, 2.24) is 4.90 Å². The van der Waals surface area contributed by atoms with E-state index in [2.05, 4.69) is 26.6 Å². The molecule has 1 saturated heterocycles. The molecule has 0 unspecified atom stereocenters. The molecule has 0 radical (unpaired) electrons. The van der Waals surface area contributed by atoms with Crippen LogP contribution in [0.4, 0.5) is 17.1 Å². The number of piperidine rings is 1. The summed E-state index contributed by atoms with van der Waals surface area (Å²) in [6.07, 6.45) is 1.30. The predicted molar refractivity (Wildman–Crippen MR) is 120 cm³/mol. The van der Waals surface area contributed by atoms with Crippen molar-refractivity contribution in [3.05, 3.63) is 57.1 Å². The Morgan fingerprint density at radius 3 is 2.52 bits per heavy atom. The van der Waals surface area contributed by atoms with Crippen molar-refractivity contribution in [2.45, 2.75) is 12.8 Å². The predicted octanol–water partition coefficient (Wildman–Crippen LogP) is 3.66. The van der Waals surface area contributed by atoms with Crippen LogP contribution in [0.1, 0.15) is 12.8 Å². The van der Waals surface area contributed by atoms with Gasteiger partial charge in [-0.15, -0.1) is 0 Å². The molecule has 164 valence electrons. The number of hydrogen-bond acceptors (Lipinski definition) is 6. The van der Waals surface area contributed by atoms with Gasteiger partial charge in [0.05, 0.1) is 30.0 Å². The number of amides is 2. The van der Waals surface area contributed by atoms with Gasteiger partial charge >= 0.3 is 0 Å². The van der Waals surface area contributed by atoms with Crippen LogP contribution in [0.15, 0.2) is 46.9 Å². The Hall–Kier alpha value is -2.98. The molecule has 1 fully saturated rings. The smallest absolute Gasteiger partial charge is 0.270 e. The van der Waals surface area contributed by atoms with E-state index >= 15 is 0 Å². The van der Waals surface area contributed by atoms with Crippen LogP contribution in [0.25, 0.3) is 0 Å². The number of non-ortho nitro benzene ring substituents is 1. The number of methoxy groups -OCH3 is 1. The normalized spacial score (nSPS) is 14.6. The molecule has 2 amide bonds. The fraction of sp³-hybridized carbons (Fsp3) is 0.333. The maximum Gasteiger partial charge on any atom is 0.270 e. The van der Waals surface area contributed by atoms with Crippen LogP contribution < -0.4 is 15.4 Å². The van der Waals surface area contributed by atoms with Gasteiger partial charge < -0.3 is 15.4 Å². The number of anilines is 2. The van der Waals surface area contributed by atoms with Gasteiger partial charge in [0.1, 0.15) is 5.75 Å². The molecule has 2 aromatic carbocycles. The number of carbonyl (C=O) groups excluding carboxylic acids is 2. The van der Waals surface area contributed by atoms with Gasteiger partial charge in [-0.05, 0) is 60.1 Å². The standard InChI is InChI=1S/C21H23BrN4O5/c1-31-19-5-3-2-4-18(19)24-21(28)14-8-10-25(11-9-14)13-20(27)23-17-7-6-15(26(29)30)12-16(17)22/h2-7,12,14H,8-11,13H2,1H3,(H,23,27)(H,24,28). The highest BCUT2D eigenvalue weighted by molar-refractivity contribution is 9.10. The Labute approximate surface area is 188 Å². The number of rotatable bonds is 7. The van der Waals surface area contributed by atoms with Gasteiger partial charge in [-0.2, -0.15) is 0 Å². The third kappa shape index (κ3) is 6.02. The second-order valence-corrected chi connectivity index (χ2v) is 8.06. The van der Waals surface area contributed by atoms with E-state index in [0.717, 1.165) is 0 Å². The minimum atomic E-state index is -0.496. The number of likely N-dealkylation sites (tertiary alicyclic amines) is 1. The van der Waals surface area contributed by atoms with E-state index in [0.29, 0.717) is 47.5 Å². The minimum absolute atomic E-state index is 0.0524. The summed E-state index contributed by atoms with van der Waals surface area (Å²) in [7, 11) is 1.56. The van der Waals surface area contributed by atoms with E-state index in [1.54, 1.807) is 19.2 Å². The lowest BCUT2D eigenvalue weighted by molar-refractivity contribution is -0.384. The van der Waals surface area contributed by atoms with E-state index in [4.69, 9.17) is 4.74 Å². The second kappa shape index (κ2) is 10.4. The number of halogens is 1. The third-order valence-corrected chi connectivity index (χ3v) is 5.78. The Morgan fingerprint density at radius 1 is 1.16 bits per heavy atom. The van der Waals surface area contributed by atoms with Crippen LogP contribution in [0.5, 0.6) is 5.75 Å². The number of para-hydroxylation sites is 2. The van der Waals surface area contributed by atoms with Crippen LogP contribution >= 0.6 is 15.9 Å². The zero-order valence-corrected chi connectivity index (χ0v) is 18.6. The van der Waals surface area contributed by atoms with Gasteiger partial charge in [-0.25, -0.2) is 0 Å². The zero-order valence-electron chi connectivity index (χ0n) is 17.0. The number of nitrogens with zero attached hydrogens (tertiary/aromatic N) is 2. The fourth-order valence-electron chi connectivity index (χ4n) is 3.45. The molecule has 1 aliphatic heterocycles. The lowest BCUT2D eigenvalue weighted by Crippen LogP contribution is -2.41. The van der Waals surface area contributed by atoms with Crippen LogP contribution in [0, 0.1) is 16.0 Å². The zero-order chi connectivity index (χ0) is 22.4. The van der Waals surface area contributed by atoms with Crippen molar-refractivity contribution in [2.24, 2.45) is 5.92 Å². The van der Waals surface area contributed by atoms with Crippen molar-refractivity contribution in [2.75, 3.05) is 37.4 Å². The first kappa shape index (κ1) is 22.7. The monoisotopic (exact) mass is 490 g/mol. The summed E-state index contributed by atoms with van der Waals surface area (Å²) < 4.78 is 5.71. The molecule has 0 aliphatic carbocycles.